The quantitative estimate of drug-likeness (QED) is 0.699. The molecule has 166 valence electrons. The normalized spacial score (nSPS) is 17.2. The van der Waals surface area contributed by atoms with Crippen molar-refractivity contribution in [3.05, 3.63) is 64.7 Å². The minimum Gasteiger partial charge on any atom is -0.507 e. The minimum atomic E-state index is -4.73. The summed E-state index contributed by atoms with van der Waals surface area (Å²) in [5.41, 5.74) is -2.76. The van der Waals surface area contributed by atoms with E-state index in [4.69, 9.17) is 0 Å². The molecule has 1 aliphatic heterocycles. The highest BCUT2D eigenvalue weighted by Crippen LogP contribution is 2.34. The number of alkyl halides is 6. The number of rotatable bonds is 4. The van der Waals surface area contributed by atoms with Crippen LogP contribution in [0.4, 0.5) is 26.3 Å². The SMILES string of the molecule is O=C(N[C@@H]1CC(=O)N(Cc2ccccc2C(F)(F)F)C1)c1cc(C(F)(F)F)ccc1O. The second-order valence-electron chi connectivity index (χ2n) is 7.03. The number of phenols is 1. The molecule has 3 rings (SSSR count). The van der Waals surface area contributed by atoms with Crippen molar-refractivity contribution in [1.82, 2.24) is 10.2 Å². The van der Waals surface area contributed by atoms with Crippen LogP contribution >= 0.6 is 0 Å². The fourth-order valence-corrected chi connectivity index (χ4v) is 3.32. The molecule has 1 heterocycles. The van der Waals surface area contributed by atoms with Gasteiger partial charge < -0.3 is 15.3 Å². The van der Waals surface area contributed by atoms with Crippen LogP contribution in [0, 0.1) is 0 Å². The maximum Gasteiger partial charge on any atom is 0.416 e. The number of amides is 2. The maximum absolute atomic E-state index is 13.1. The number of halogens is 6. The van der Waals surface area contributed by atoms with Crippen LogP contribution < -0.4 is 5.32 Å². The first-order chi connectivity index (χ1) is 14.4. The Bertz CT molecular complexity index is 1000. The van der Waals surface area contributed by atoms with E-state index >= 15 is 0 Å². The van der Waals surface area contributed by atoms with Gasteiger partial charge in [-0.2, -0.15) is 26.3 Å². The fraction of sp³-hybridized carbons (Fsp3) is 0.300. The summed E-state index contributed by atoms with van der Waals surface area (Å²) in [7, 11) is 0. The predicted octanol–water partition coefficient (Wildman–Crippen LogP) is 3.96. The third-order valence-electron chi connectivity index (χ3n) is 4.80. The molecule has 11 heteroatoms. The van der Waals surface area contributed by atoms with Crippen molar-refractivity contribution in [1.29, 1.82) is 0 Å². The molecule has 2 aromatic carbocycles. The summed E-state index contributed by atoms with van der Waals surface area (Å²) in [5.74, 6) is -2.22. The lowest BCUT2D eigenvalue weighted by atomic mass is 10.1. The Kier molecular flexibility index (Phi) is 5.88. The lowest BCUT2D eigenvalue weighted by molar-refractivity contribution is -0.139. The number of likely N-dealkylation sites (tertiary alicyclic amines) is 1. The third-order valence-corrected chi connectivity index (χ3v) is 4.80. The monoisotopic (exact) mass is 446 g/mol. The van der Waals surface area contributed by atoms with Crippen molar-refractivity contribution in [3.8, 4) is 5.75 Å². The number of phenolic OH excluding ortho intramolecular Hbond substituents is 1. The van der Waals surface area contributed by atoms with Gasteiger partial charge >= 0.3 is 12.4 Å². The molecule has 0 unspecified atom stereocenters. The van der Waals surface area contributed by atoms with Gasteiger partial charge in [0.25, 0.3) is 5.91 Å². The molecule has 5 nitrogen and oxygen atoms in total. The Morgan fingerprint density at radius 3 is 2.39 bits per heavy atom. The van der Waals surface area contributed by atoms with Crippen LogP contribution in [0.2, 0.25) is 0 Å². The smallest absolute Gasteiger partial charge is 0.416 e. The molecule has 1 saturated heterocycles. The van der Waals surface area contributed by atoms with Crippen molar-refractivity contribution in [2.45, 2.75) is 31.4 Å². The summed E-state index contributed by atoms with van der Waals surface area (Å²) < 4.78 is 78.0. The van der Waals surface area contributed by atoms with Crippen LogP contribution in [0.5, 0.6) is 5.75 Å². The van der Waals surface area contributed by atoms with E-state index in [-0.39, 0.29) is 25.1 Å². The molecule has 1 aliphatic rings. The largest absolute Gasteiger partial charge is 0.507 e. The first kappa shape index (κ1) is 22.4. The minimum absolute atomic E-state index is 0.120. The number of nitrogens with one attached hydrogen (secondary N) is 1. The zero-order chi connectivity index (χ0) is 23.0. The van der Waals surface area contributed by atoms with Gasteiger partial charge in [-0.1, -0.05) is 18.2 Å². The van der Waals surface area contributed by atoms with Crippen LogP contribution in [0.25, 0.3) is 0 Å². The van der Waals surface area contributed by atoms with Gasteiger partial charge in [-0.25, -0.2) is 0 Å². The molecular formula is C20H16F6N2O3. The van der Waals surface area contributed by atoms with Crippen molar-refractivity contribution >= 4 is 11.8 Å². The van der Waals surface area contributed by atoms with E-state index in [2.05, 4.69) is 5.32 Å². The van der Waals surface area contributed by atoms with Crippen LogP contribution in [-0.2, 0) is 23.7 Å². The second kappa shape index (κ2) is 8.12. The van der Waals surface area contributed by atoms with Gasteiger partial charge in [-0.05, 0) is 29.8 Å². The topological polar surface area (TPSA) is 69.6 Å². The highest BCUT2D eigenvalue weighted by atomic mass is 19.4. The summed E-state index contributed by atoms with van der Waals surface area (Å²) in [5, 5.41) is 12.1. The lowest BCUT2D eigenvalue weighted by Crippen LogP contribution is -2.37. The number of hydrogen-bond acceptors (Lipinski definition) is 3. The van der Waals surface area contributed by atoms with E-state index in [0.717, 1.165) is 17.0 Å². The Morgan fingerprint density at radius 2 is 1.74 bits per heavy atom. The van der Waals surface area contributed by atoms with Crippen molar-refractivity contribution in [2.75, 3.05) is 6.54 Å². The standard InChI is InChI=1S/C20H16F6N2O3/c21-19(22,23)12-5-6-16(29)14(7-12)18(31)27-13-8-17(30)28(10-13)9-11-3-1-2-4-15(11)20(24,25)26/h1-7,13,29H,8-10H2,(H,27,31)/t13-/m1/s1. The van der Waals surface area contributed by atoms with E-state index in [9.17, 15) is 41.0 Å². The van der Waals surface area contributed by atoms with Crippen LogP contribution in [0.3, 0.4) is 0 Å². The molecule has 31 heavy (non-hydrogen) atoms. The fourth-order valence-electron chi connectivity index (χ4n) is 3.32. The molecule has 2 aromatic rings. The van der Waals surface area contributed by atoms with Crippen molar-refractivity contribution in [3.63, 3.8) is 0 Å². The van der Waals surface area contributed by atoms with E-state index in [0.29, 0.717) is 12.1 Å². The zero-order valence-electron chi connectivity index (χ0n) is 15.7. The Balaban J connectivity index is 1.72. The number of nitrogens with zero attached hydrogens (tertiary/aromatic N) is 1. The summed E-state index contributed by atoms with van der Waals surface area (Å²) in [6.07, 6.45) is -9.57. The van der Waals surface area contributed by atoms with Gasteiger partial charge in [0.05, 0.1) is 22.7 Å². The Labute approximate surface area is 172 Å². The first-order valence-electron chi connectivity index (χ1n) is 9.00. The summed E-state index contributed by atoms with van der Waals surface area (Å²) in [6, 6.07) is 5.76. The first-order valence-corrected chi connectivity index (χ1v) is 9.00. The number of benzene rings is 2. The molecule has 2 N–H and O–H groups in total. The molecule has 1 fully saturated rings. The summed E-state index contributed by atoms with van der Waals surface area (Å²) in [4.78, 5) is 25.7. The lowest BCUT2D eigenvalue weighted by Gasteiger charge is -2.20. The van der Waals surface area contributed by atoms with Gasteiger partial charge in [0.15, 0.2) is 0 Å². The van der Waals surface area contributed by atoms with Gasteiger partial charge in [0, 0.05) is 19.5 Å². The summed E-state index contributed by atoms with van der Waals surface area (Å²) in [6.45, 7) is -0.466. The van der Waals surface area contributed by atoms with Gasteiger partial charge in [0.2, 0.25) is 5.91 Å². The Hall–Kier alpha value is -3.24. The number of hydrogen-bond donors (Lipinski definition) is 2. The van der Waals surface area contributed by atoms with Crippen molar-refractivity contribution in [2.24, 2.45) is 0 Å². The van der Waals surface area contributed by atoms with E-state index in [1.807, 2.05) is 0 Å². The third kappa shape index (κ3) is 5.09. The van der Waals surface area contributed by atoms with E-state index in [1.54, 1.807) is 0 Å². The Morgan fingerprint density at radius 1 is 1.06 bits per heavy atom. The zero-order valence-corrected chi connectivity index (χ0v) is 15.7. The van der Waals surface area contributed by atoms with Crippen LogP contribution in [0.1, 0.15) is 33.5 Å². The molecule has 0 saturated carbocycles. The predicted molar refractivity (Wildman–Crippen MR) is 95.8 cm³/mol. The van der Waals surface area contributed by atoms with Crippen LogP contribution in [0.15, 0.2) is 42.5 Å². The highest BCUT2D eigenvalue weighted by Gasteiger charge is 2.36. The average molecular weight is 446 g/mol. The maximum atomic E-state index is 13.1. The van der Waals surface area contributed by atoms with Gasteiger partial charge in [-0.3, -0.25) is 9.59 Å². The molecule has 1 atom stereocenters. The average Bonchev–Trinajstić information content (AvgIpc) is 2.99. The van der Waals surface area contributed by atoms with Crippen molar-refractivity contribution < 1.29 is 41.0 Å². The second-order valence-corrected chi connectivity index (χ2v) is 7.03. The molecule has 2 amide bonds. The number of aromatic hydroxyl groups is 1. The van der Waals surface area contributed by atoms with E-state index < -0.39 is 52.6 Å². The summed E-state index contributed by atoms with van der Waals surface area (Å²) >= 11 is 0. The molecular weight excluding hydrogens is 430 g/mol. The molecule has 0 bridgehead atoms. The molecule has 0 spiro atoms. The van der Waals surface area contributed by atoms with E-state index in [1.165, 1.54) is 18.2 Å². The number of carbonyl (C=O) groups is 2. The molecule has 0 aliphatic carbocycles. The molecule has 0 aromatic heterocycles. The van der Waals surface area contributed by atoms with Gasteiger partial charge in [-0.15, -0.1) is 0 Å². The number of carbonyl (C=O) groups excluding carboxylic acids is 2. The molecule has 0 radical (unpaired) electrons. The highest BCUT2D eigenvalue weighted by molar-refractivity contribution is 5.97. The van der Waals surface area contributed by atoms with Crippen LogP contribution in [-0.4, -0.2) is 34.4 Å². The van der Waals surface area contributed by atoms with Gasteiger partial charge in [0.1, 0.15) is 5.75 Å².